The average Bonchev–Trinajstić information content (AvgIpc) is 2.61. The SMILES string of the molecule is COCCNC(=O)c1cc(C)nc(NCCc2cccc(OC)c2)n1. The number of ether oxygens (including phenoxy) is 2. The summed E-state index contributed by atoms with van der Waals surface area (Å²) in [6.07, 6.45) is 0.796. The van der Waals surface area contributed by atoms with Crippen LogP contribution < -0.4 is 15.4 Å². The van der Waals surface area contributed by atoms with Crippen molar-refractivity contribution < 1.29 is 14.3 Å². The van der Waals surface area contributed by atoms with Gasteiger partial charge in [0.05, 0.1) is 13.7 Å². The number of carbonyl (C=O) groups excluding carboxylic acids is 1. The molecule has 2 aromatic rings. The molecule has 0 spiro atoms. The highest BCUT2D eigenvalue weighted by Crippen LogP contribution is 2.13. The second-order valence-electron chi connectivity index (χ2n) is 5.50. The summed E-state index contributed by atoms with van der Waals surface area (Å²) in [5.74, 6) is 1.04. The van der Waals surface area contributed by atoms with E-state index >= 15 is 0 Å². The summed E-state index contributed by atoms with van der Waals surface area (Å²) in [5, 5.41) is 5.92. The zero-order valence-electron chi connectivity index (χ0n) is 14.8. The first-order valence-corrected chi connectivity index (χ1v) is 8.12. The van der Waals surface area contributed by atoms with Crippen molar-refractivity contribution >= 4 is 11.9 Å². The normalized spacial score (nSPS) is 10.4. The summed E-state index contributed by atoms with van der Waals surface area (Å²) in [5.41, 5.74) is 2.22. The molecule has 0 radical (unpaired) electrons. The molecule has 1 amide bonds. The van der Waals surface area contributed by atoms with Gasteiger partial charge in [-0.1, -0.05) is 12.1 Å². The van der Waals surface area contributed by atoms with Crippen LogP contribution in [0.15, 0.2) is 30.3 Å². The number of carbonyl (C=O) groups is 1. The van der Waals surface area contributed by atoms with Crippen molar-refractivity contribution in [3.05, 3.63) is 47.3 Å². The zero-order valence-corrected chi connectivity index (χ0v) is 14.8. The Morgan fingerprint density at radius 1 is 1.16 bits per heavy atom. The average molecular weight is 344 g/mol. The molecule has 1 heterocycles. The molecular weight excluding hydrogens is 320 g/mol. The third-order valence-electron chi connectivity index (χ3n) is 3.51. The molecule has 0 atom stereocenters. The highest BCUT2D eigenvalue weighted by Gasteiger charge is 2.10. The van der Waals surface area contributed by atoms with Gasteiger partial charge >= 0.3 is 0 Å². The fourth-order valence-electron chi connectivity index (χ4n) is 2.27. The van der Waals surface area contributed by atoms with Crippen LogP contribution in [0.5, 0.6) is 5.75 Å². The van der Waals surface area contributed by atoms with Crippen LogP contribution in [0.2, 0.25) is 0 Å². The number of hydrogen-bond donors (Lipinski definition) is 2. The molecule has 0 aliphatic carbocycles. The summed E-state index contributed by atoms with van der Waals surface area (Å²) >= 11 is 0. The smallest absolute Gasteiger partial charge is 0.270 e. The van der Waals surface area contributed by atoms with E-state index in [0.717, 1.165) is 23.4 Å². The summed E-state index contributed by atoms with van der Waals surface area (Å²) in [6, 6.07) is 9.56. The van der Waals surface area contributed by atoms with Crippen molar-refractivity contribution in [2.45, 2.75) is 13.3 Å². The second-order valence-corrected chi connectivity index (χ2v) is 5.50. The predicted molar refractivity (Wildman–Crippen MR) is 96.2 cm³/mol. The van der Waals surface area contributed by atoms with Crippen LogP contribution in [0, 0.1) is 6.92 Å². The highest BCUT2D eigenvalue weighted by molar-refractivity contribution is 5.92. The first-order valence-electron chi connectivity index (χ1n) is 8.12. The van der Waals surface area contributed by atoms with E-state index in [4.69, 9.17) is 9.47 Å². The molecule has 0 aliphatic heterocycles. The van der Waals surface area contributed by atoms with Crippen molar-refractivity contribution in [1.82, 2.24) is 15.3 Å². The predicted octanol–water partition coefficient (Wildman–Crippen LogP) is 1.82. The van der Waals surface area contributed by atoms with Crippen LogP contribution in [-0.2, 0) is 11.2 Å². The van der Waals surface area contributed by atoms with Gasteiger partial charge in [0.1, 0.15) is 11.4 Å². The van der Waals surface area contributed by atoms with Gasteiger partial charge in [-0.25, -0.2) is 9.97 Å². The minimum absolute atomic E-state index is 0.238. The maximum absolute atomic E-state index is 12.1. The number of benzene rings is 1. The van der Waals surface area contributed by atoms with Crippen LogP contribution in [0.4, 0.5) is 5.95 Å². The molecule has 0 saturated carbocycles. The quantitative estimate of drug-likeness (QED) is 0.675. The summed E-state index contributed by atoms with van der Waals surface area (Å²) in [6.45, 7) is 3.39. The minimum atomic E-state index is -0.238. The zero-order chi connectivity index (χ0) is 18.1. The summed E-state index contributed by atoms with van der Waals surface area (Å²) in [7, 11) is 3.24. The van der Waals surface area contributed by atoms with Gasteiger partial charge in [-0.15, -0.1) is 0 Å². The van der Waals surface area contributed by atoms with Gasteiger partial charge < -0.3 is 20.1 Å². The van der Waals surface area contributed by atoms with E-state index in [0.29, 0.717) is 31.3 Å². The molecule has 0 fully saturated rings. The van der Waals surface area contributed by atoms with Crippen LogP contribution in [0.3, 0.4) is 0 Å². The first kappa shape index (κ1) is 18.7. The number of nitrogens with zero attached hydrogens (tertiary/aromatic N) is 2. The van der Waals surface area contributed by atoms with Gasteiger partial charge in [0, 0.05) is 25.9 Å². The van der Waals surface area contributed by atoms with E-state index in [9.17, 15) is 4.79 Å². The molecule has 25 heavy (non-hydrogen) atoms. The number of anilines is 1. The van der Waals surface area contributed by atoms with E-state index in [1.807, 2.05) is 31.2 Å². The molecule has 2 rings (SSSR count). The van der Waals surface area contributed by atoms with Crippen molar-refractivity contribution in [1.29, 1.82) is 0 Å². The van der Waals surface area contributed by atoms with Crippen molar-refractivity contribution in [3.8, 4) is 5.75 Å². The van der Waals surface area contributed by atoms with Gasteiger partial charge in [-0.05, 0) is 37.1 Å². The Kier molecular flexibility index (Phi) is 7.16. The van der Waals surface area contributed by atoms with E-state index < -0.39 is 0 Å². The standard InChI is InChI=1S/C18H24N4O3/c1-13-11-16(17(23)19-9-10-24-2)22-18(21-13)20-8-7-14-5-4-6-15(12-14)25-3/h4-6,11-12H,7-10H2,1-3H3,(H,19,23)(H,20,21,22). The van der Waals surface area contributed by atoms with Crippen LogP contribution in [-0.4, -0.2) is 49.8 Å². The summed E-state index contributed by atoms with van der Waals surface area (Å²) in [4.78, 5) is 20.7. The first-order chi connectivity index (χ1) is 12.1. The largest absolute Gasteiger partial charge is 0.497 e. The lowest BCUT2D eigenvalue weighted by molar-refractivity contribution is 0.0932. The van der Waals surface area contributed by atoms with E-state index in [2.05, 4.69) is 20.6 Å². The van der Waals surface area contributed by atoms with E-state index in [-0.39, 0.29) is 5.91 Å². The van der Waals surface area contributed by atoms with Crippen molar-refractivity contribution in [2.24, 2.45) is 0 Å². The lowest BCUT2D eigenvalue weighted by Gasteiger charge is -2.09. The molecule has 7 nitrogen and oxygen atoms in total. The van der Waals surface area contributed by atoms with Gasteiger partial charge in [0.2, 0.25) is 5.95 Å². The Morgan fingerprint density at radius 2 is 2.00 bits per heavy atom. The van der Waals surface area contributed by atoms with Crippen LogP contribution in [0.1, 0.15) is 21.7 Å². The van der Waals surface area contributed by atoms with Crippen LogP contribution >= 0.6 is 0 Å². The maximum Gasteiger partial charge on any atom is 0.270 e. The second kappa shape index (κ2) is 9.58. The molecule has 0 saturated heterocycles. The molecule has 1 aromatic carbocycles. The fourth-order valence-corrected chi connectivity index (χ4v) is 2.27. The molecule has 2 N–H and O–H groups in total. The third-order valence-corrected chi connectivity index (χ3v) is 3.51. The van der Waals surface area contributed by atoms with Crippen molar-refractivity contribution in [2.75, 3.05) is 39.2 Å². The number of amides is 1. The van der Waals surface area contributed by atoms with E-state index in [1.54, 1.807) is 20.3 Å². The highest BCUT2D eigenvalue weighted by atomic mass is 16.5. The number of methoxy groups -OCH3 is 2. The lowest BCUT2D eigenvalue weighted by Crippen LogP contribution is -2.28. The Morgan fingerprint density at radius 3 is 2.76 bits per heavy atom. The minimum Gasteiger partial charge on any atom is -0.497 e. The molecule has 0 unspecified atom stereocenters. The van der Waals surface area contributed by atoms with Gasteiger partial charge in [-0.3, -0.25) is 4.79 Å². The van der Waals surface area contributed by atoms with Gasteiger partial charge in [0.15, 0.2) is 0 Å². The summed E-state index contributed by atoms with van der Waals surface area (Å²) < 4.78 is 10.1. The van der Waals surface area contributed by atoms with Gasteiger partial charge in [-0.2, -0.15) is 0 Å². The lowest BCUT2D eigenvalue weighted by atomic mass is 10.1. The Hall–Kier alpha value is -2.67. The third kappa shape index (κ3) is 6.04. The molecule has 134 valence electrons. The Labute approximate surface area is 147 Å². The Balaban J connectivity index is 1.94. The molecular formula is C18H24N4O3. The topological polar surface area (TPSA) is 85.4 Å². The van der Waals surface area contributed by atoms with Crippen molar-refractivity contribution in [3.63, 3.8) is 0 Å². The van der Waals surface area contributed by atoms with Gasteiger partial charge in [0.25, 0.3) is 5.91 Å². The molecule has 0 bridgehead atoms. The number of hydrogen-bond acceptors (Lipinski definition) is 6. The molecule has 7 heteroatoms. The monoisotopic (exact) mass is 344 g/mol. The number of aromatic nitrogens is 2. The number of rotatable bonds is 9. The van der Waals surface area contributed by atoms with E-state index in [1.165, 1.54) is 0 Å². The maximum atomic E-state index is 12.1. The number of nitrogens with one attached hydrogen (secondary N) is 2. The molecule has 1 aromatic heterocycles. The fraction of sp³-hybridized carbons (Fsp3) is 0.389. The van der Waals surface area contributed by atoms with Crippen LogP contribution in [0.25, 0.3) is 0 Å². The molecule has 0 aliphatic rings. The number of aryl methyl sites for hydroxylation is 1. The Bertz CT molecular complexity index is 706.